The average molecular weight is 680 g/mol. The molecule has 240 valence electrons. The van der Waals surface area contributed by atoms with Crippen molar-refractivity contribution in [2.75, 3.05) is 24.7 Å². The standard InChI is InChI=1S/C34H34ClN3O6S2/c1-4-17-43-24-14-11-21(12-15-24)30(39)28-29(22-13-16-26(44-18-5-2)27(19-22)42-6-3)38(32(41)31(28)40)33-36-37-34(46-33)45-20-23-9-7-8-10-25(23)35/h7-16,19,29,39H,4-6,17-18,20H2,1-3H3/b30-28+. The van der Waals surface area contributed by atoms with Crippen LogP contribution in [0.15, 0.2) is 76.6 Å². The van der Waals surface area contributed by atoms with E-state index >= 15 is 0 Å². The Morgan fingerprint density at radius 1 is 0.935 bits per heavy atom. The van der Waals surface area contributed by atoms with Crippen molar-refractivity contribution in [3.05, 3.63) is 94.0 Å². The summed E-state index contributed by atoms with van der Waals surface area (Å²) in [5.74, 6) is 0.220. The summed E-state index contributed by atoms with van der Waals surface area (Å²) < 4.78 is 18.1. The highest BCUT2D eigenvalue weighted by atomic mass is 35.5. The molecule has 2 heterocycles. The van der Waals surface area contributed by atoms with Crippen molar-refractivity contribution < 1.29 is 28.9 Å². The number of aliphatic hydroxyl groups is 1. The molecule has 0 radical (unpaired) electrons. The minimum absolute atomic E-state index is 0.0719. The minimum Gasteiger partial charge on any atom is -0.507 e. The second-order valence-corrected chi connectivity index (χ2v) is 12.8. The minimum atomic E-state index is -1.01. The number of benzene rings is 3. The third-order valence-electron chi connectivity index (χ3n) is 7.00. The van der Waals surface area contributed by atoms with E-state index in [1.54, 1.807) is 42.5 Å². The number of anilines is 1. The highest BCUT2D eigenvalue weighted by Crippen LogP contribution is 2.46. The second kappa shape index (κ2) is 15.5. The number of halogens is 1. The van der Waals surface area contributed by atoms with Gasteiger partial charge in [0.15, 0.2) is 15.8 Å². The van der Waals surface area contributed by atoms with Gasteiger partial charge in [0.2, 0.25) is 5.13 Å². The molecule has 12 heteroatoms. The van der Waals surface area contributed by atoms with E-state index < -0.39 is 17.7 Å². The van der Waals surface area contributed by atoms with Crippen LogP contribution in [-0.4, -0.2) is 46.8 Å². The molecule has 4 aromatic rings. The molecule has 1 saturated heterocycles. The van der Waals surface area contributed by atoms with E-state index in [1.807, 2.05) is 45.0 Å². The maximum absolute atomic E-state index is 13.7. The number of thioether (sulfide) groups is 1. The van der Waals surface area contributed by atoms with Gasteiger partial charge < -0.3 is 19.3 Å². The van der Waals surface area contributed by atoms with Crippen molar-refractivity contribution in [2.45, 2.75) is 49.7 Å². The number of ether oxygens (including phenoxy) is 3. The monoisotopic (exact) mass is 679 g/mol. The Morgan fingerprint density at radius 3 is 2.39 bits per heavy atom. The molecule has 3 aromatic carbocycles. The number of hydrogen-bond donors (Lipinski definition) is 1. The summed E-state index contributed by atoms with van der Waals surface area (Å²) in [5.41, 5.74) is 1.77. The van der Waals surface area contributed by atoms with Gasteiger partial charge in [-0.2, -0.15) is 0 Å². The predicted octanol–water partition coefficient (Wildman–Crippen LogP) is 8.09. The quantitative estimate of drug-likeness (QED) is 0.0465. The fourth-order valence-corrected chi connectivity index (χ4v) is 6.99. The molecule has 5 rings (SSSR count). The summed E-state index contributed by atoms with van der Waals surface area (Å²) in [6, 6.07) is 18.5. The molecule has 0 saturated carbocycles. The van der Waals surface area contributed by atoms with Gasteiger partial charge in [-0.15, -0.1) is 10.2 Å². The Kier molecular flexibility index (Phi) is 11.2. The van der Waals surface area contributed by atoms with Gasteiger partial charge in [0.25, 0.3) is 5.78 Å². The molecule has 1 N–H and O–H groups in total. The van der Waals surface area contributed by atoms with E-state index in [1.165, 1.54) is 28.0 Å². The Morgan fingerprint density at radius 2 is 1.67 bits per heavy atom. The summed E-state index contributed by atoms with van der Waals surface area (Å²) in [7, 11) is 0. The van der Waals surface area contributed by atoms with Gasteiger partial charge in [-0.25, -0.2) is 0 Å². The van der Waals surface area contributed by atoms with Crippen LogP contribution in [0.4, 0.5) is 5.13 Å². The Hall–Kier alpha value is -4.06. The summed E-state index contributed by atoms with van der Waals surface area (Å²) in [6.07, 6.45) is 1.66. The SMILES string of the molecule is CCCOc1ccc(/C(O)=C2\C(=O)C(=O)N(c3nnc(SCc4ccccc4Cl)s3)C2c2ccc(OCCC)c(OCC)c2)cc1. The van der Waals surface area contributed by atoms with Crippen LogP contribution in [-0.2, 0) is 15.3 Å². The van der Waals surface area contributed by atoms with Crippen LogP contribution >= 0.6 is 34.7 Å². The summed E-state index contributed by atoms with van der Waals surface area (Å²) >= 11 is 8.94. The fourth-order valence-electron chi connectivity index (χ4n) is 4.84. The van der Waals surface area contributed by atoms with Crippen LogP contribution in [0.5, 0.6) is 17.2 Å². The number of amides is 1. The first kappa shape index (κ1) is 33.3. The number of Topliss-reactive ketones (excluding diaryl/α,β-unsaturated/α-hetero) is 1. The molecule has 1 fully saturated rings. The van der Waals surface area contributed by atoms with E-state index in [0.717, 1.165) is 18.4 Å². The molecule has 1 aromatic heterocycles. The zero-order valence-corrected chi connectivity index (χ0v) is 28.1. The van der Waals surface area contributed by atoms with E-state index in [0.29, 0.717) is 63.3 Å². The molecular weight excluding hydrogens is 646 g/mol. The average Bonchev–Trinajstić information content (AvgIpc) is 3.64. The van der Waals surface area contributed by atoms with Crippen molar-refractivity contribution in [1.82, 2.24) is 10.2 Å². The number of aliphatic hydroxyl groups excluding tert-OH is 1. The molecule has 1 amide bonds. The highest BCUT2D eigenvalue weighted by molar-refractivity contribution is 8.00. The van der Waals surface area contributed by atoms with Crippen molar-refractivity contribution in [3.8, 4) is 17.2 Å². The summed E-state index contributed by atoms with van der Waals surface area (Å²) in [4.78, 5) is 28.7. The van der Waals surface area contributed by atoms with Gasteiger partial charge in [-0.1, -0.05) is 72.8 Å². The molecular formula is C34H34ClN3O6S2. The zero-order valence-electron chi connectivity index (χ0n) is 25.7. The molecule has 1 aliphatic heterocycles. The highest BCUT2D eigenvalue weighted by Gasteiger charge is 2.48. The molecule has 0 aliphatic carbocycles. The maximum Gasteiger partial charge on any atom is 0.301 e. The first-order chi connectivity index (χ1) is 22.4. The third-order valence-corrected chi connectivity index (χ3v) is 9.47. The fraction of sp³-hybridized carbons (Fsp3) is 0.294. The van der Waals surface area contributed by atoms with Gasteiger partial charge in [-0.3, -0.25) is 14.5 Å². The van der Waals surface area contributed by atoms with E-state index in [-0.39, 0.29) is 16.5 Å². The number of carbonyl (C=O) groups is 2. The van der Waals surface area contributed by atoms with Crippen LogP contribution in [0, 0.1) is 0 Å². The van der Waals surface area contributed by atoms with Gasteiger partial charge in [0, 0.05) is 16.3 Å². The van der Waals surface area contributed by atoms with Crippen molar-refractivity contribution >= 4 is 57.3 Å². The molecule has 1 unspecified atom stereocenters. The van der Waals surface area contributed by atoms with Crippen LogP contribution in [0.3, 0.4) is 0 Å². The number of aromatic nitrogens is 2. The predicted molar refractivity (Wildman–Crippen MR) is 181 cm³/mol. The van der Waals surface area contributed by atoms with Crippen molar-refractivity contribution in [2.24, 2.45) is 0 Å². The molecule has 46 heavy (non-hydrogen) atoms. The van der Waals surface area contributed by atoms with E-state index in [9.17, 15) is 14.7 Å². The number of hydrogen-bond acceptors (Lipinski definition) is 10. The largest absolute Gasteiger partial charge is 0.507 e. The Balaban J connectivity index is 1.56. The van der Waals surface area contributed by atoms with Crippen LogP contribution in [0.2, 0.25) is 5.02 Å². The molecule has 1 atom stereocenters. The molecule has 1 aliphatic rings. The van der Waals surface area contributed by atoms with Crippen molar-refractivity contribution in [1.29, 1.82) is 0 Å². The number of nitrogens with zero attached hydrogens (tertiary/aromatic N) is 3. The zero-order chi connectivity index (χ0) is 32.6. The summed E-state index contributed by atoms with van der Waals surface area (Å²) in [5, 5.41) is 21.1. The number of carbonyl (C=O) groups excluding carboxylic acids is 2. The summed E-state index contributed by atoms with van der Waals surface area (Å²) in [6.45, 7) is 7.30. The first-order valence-corrected chi connectivity index (χ1v) is 17.2. The van der Waals surface area contributed by atoms with Gasteiger partial charge in [-0.05, 0) is 73.4 Å². The first-order valence-electron chi connectivity index (χ1n) is 15.0. The number of ketones is 1. The maximum atomic E-state index is 13.7. The lowest BCUT2D eigenvalue weighted by atomic mass is 9.95. The van der Waals surface area contributed by atoms with Crippen LogP contribution in [0.25, 0.3) is 5.76 Å². The van der Waals surface area contributed by atoms with Crippen molar-refractivity contribution in [3.63, 3.8) is 0 Å². The lowest BCUT2D eigenvalue weighted by molar-refractivity contribution is -0.132. The molecule has 0 bridgehead atoms. The Labute approximate surface area is 281 Å². The van der Waals surface area contributed by atoms with E-state index in [2.05, 4.69) is 10.2 Å². The smallest absolute Gasteiger partial charge is 0.301 e. The van der Waals surface area contributed by atoms with Crippen LogP contribution in [0.1, 0.15) is 56.3 Å². The topological polar surface area (TPSA) is 111 Å². The van der Waals surface area contributed by atoms with Gasteiger partial charge in [0.1, 0.15) is 11.5 Å². The lowest BCUT2D eigenvalue weighted by Crippen LogP contribution is -2.29. The molecule has 9 nitrogen and oxygen atoms in total. The third kappa shape index (κ3) is 7.32. The normalized spacial score (nSPS) is 15.7. The van der Waals surface area contributed by atoms with Gasteiger partial charge >= 0.3 is 5.91 Å². The number of rotatable bonds is 14. The van der Waals surface area contributed by atoms with Gasteiger partial charge in [0.05, 0.1) is 31.4 Å². The van der Waals surface area contributed by atoms with E-state index in [4.69, 9.17) is 25.8 Å². The second-order valence-electron chi connectivity index (χ2n) is 10.3. The Bertz CT molecular complexity index is 1730. The lowest BCUT2D eigenvalue weighted by Gasteiger charge is -2.23. The molecule has 0 spiro atoms. The van der Waals surface area contributed by atoms with Crippen LogP contribution < -0.4 is 19.1 Å².